The highest BCUT2D eigenvalue weighted by Gasteiger charge is 2.44. The fraction of sp³-hybridized carbons (Fsp3) is 0.875. The van der Waals surface area contributed by atoms with E-state index in [9.17, 15) is 9.59 Å². The number of hydrogen-bond donors (Lipinski definition) is 1. The number of nitrogens with zero attached hydrogens (tertiary/aromatic N) is 1. The lowest BCUT2D eigenvalue weighted by Gasteiger charge is -2.40. The molecule has 6 nitrogen and oxygen atoms in total. The Labute approximate surface area is 140 Å². The SMILES string of the molecule is COC(=O)C1(CCO[Si](C)(C)C(C)(C)C)CCN(C(=O)O)CC1. The van der Waals surface area contributed by atoms with E-state index in [2.05, 4.69) is 33.9 Å². The zero-order valence-electron chi connectivity index (χ0n) is 15.3. The van der Waals surface area contributed by atoms with Crippen molar-refractivity contribution in [2.24, 2.45) is 5.41 Å². The van der Waals surface area contributed by atoms with Crippen molar-refractivity contribution in [1.82, 2.24) is 4.90 Å². The molecule has 1 amide bonds. The van der Waals surface area contributed by atoms with Crippen LogP contribution in [0.2, 0.25) is 18.1 Å². The molecule has 0 radical (unpaired) electrons. The van der Waals surface area contributed by atoms with Gasteiger partial charge < -0.3 is 19.2 Å². The maximum Gasteiger partial charge on any atom is 0.407 e. The summed E-state index contributed by atoms with van der Waals surface area (Å²) in [6.45, 7) is 12.2. The Morgan fingerprint density at radius 3 is 2.13 bits per heavy atom. The summed E-state index contributed by atoms with van der Waals surface area (Å²) < 4.78 is 11.2. The molecule has 0 bridgehead atoms. The molecule has 0 aromatic carbocycles. The van der Waals surface area contributed by atoms with Gasteiger partial charge in [-0.15, -0.1) is 0 Å². The van der Waals surface area contributed by atoms with Crippen molar-refractivity contribution in [2.75, 3.05) is 26.8 Å². The van der Waals surface area contributed by atoms with E-state index in [-0.39, 0.29) is 11.0 Å². The molecular weight excluding hydrogens is 314 g/mol. The molecule has 1 aliphatic rings. The van der Waals surface area contributed by atoms with Crippen LogP contribution in [0.4, 0.5) is 4.79 Å². The molecule has 1 N–H and O–H groups in total. The van der Waals surface area contributed by atoms with Crippen LogP contribution in [0, 0.1) is 5.41 Å². The Kier molecular flexibility index (Phi) is 6.26. The number of methoxy groups -OCH3 is 1. The number of esters is 1. The fourth-order valence-electron chi connectivity index (χ4n) is 2.62. The number of carbonyl (C=O) groups is 2. The normalized spacial score (nSPS) is 18.6. The third-order valence-corrected chi connectivity index (χ3v) is 10.00. The van der Waals surface area contributed by atoms with Crippen LogP contribution >= 0.6 is 0 Å². The minimum absolute atomic E-state index is 0.123. The number of hydrogen-bond acceptors (Lipinski definition) is 4. The third kappa shape index (κ3) is 4.70. The van der Waals surface area contributed by atoms with Crippen LogP contribution in [0.25, 0.3) is 0 Å². The quantitative estimate of drug-likeness (QED) is 0.611. The molecule has 134 valence electrons. The lowest BCUT2D eigenvalue weighted by molar-refractivity contribution is -0.156. The van der Waals surface area contributed by atoms with E-state index < -0.39 is 19.8 Å². The van der Waals surface area contributed by atoms with Gasteiger partial charge in [0.05, 0.1) is 12.5 Å². The van der Waals surface area contributed by atoms with E-state index >= 15 is 0 Å². The highest BCUT2D eigenvalue weighted by Crippen LogP contribution is 2.39. The van der Waals surface area contributed by atoms with Crippen molar-refractivity contribution < 1.29 is 23.9 Å². The molecule has 0 aromatic rings. The predicted molar refractivity (Wildman–Crippen MR) is 91.0 cm³/mol. The van der Waals surface area contributed by atoms with Gasteiger partial charge in [-0.3, -0.25) is 4.79 Å². The summed E-state index contributed by atoms with van der Waals surface area (Å²) in [5, 5.41) is 9.19. The van der Waals surface area contributed by atoms with Crippen LogP contribution in [0.15, 0.2) is 0 Å². The minimum Gasteiger partial charge on any atom is -0.469 e. The maximum absolute atomic E-state index is 12.3. The van der Waals surface area contributed by atoms with Gasteiger partial charge in [-0.05, 0) is 37.4 Å². The number of ether oxygens (including phenoxy) is 1. The fourth-order valence-corrected chi connectivity index (χ4v) is 3.66. The highest BCUT2D eigenvalue weighted by molar-refractivity contribution is 6.74. The van der Waals surface area contributed by atoms with Gasteiger partial charge >= 0.3 is 12.1 Å². The molecule has 1 aliphatic heterocycles. The molecule has 7 heteroatoms. The first-order chi connectivity index (χ1) is 10.5. The molecule has 0 unspecified atom stereocenters. The second-order valence-electron chi connectivity index (χ2n) is 7.90. The number of likely N-dealkylation sites (tertiary alicyclic amines) is 1. The number of carboxylic acid groups (broad SMARTS) is 1. The van der Waals surface area contributed by atoms with Gasteiger partial charge in [-0.2, -0.15) is 0 Å². The largest absolute Gasteiger partial charge is 0.469 e. The van der Waals surface area contributed by atoms with Crippen molar-refractivity contribution in [2.45, 2.75) is 58.2 Å². The number of piperidine rings is 1. The summed E-state index contributed by atoms with van der Waals surface area (Å²) in [6, 6.07) is 0. The zero-order chi connectivity index (χ0) is 17.9. The van der Waals surface area contributed by atoms with Crippen LogP contribution in [0.5, 0.6) is 0 Å². The van der Waals surface area contributed by atoms with Gasteiger partial charge in [-0.1, -0.05) is 20.8 Å². The highest BCUT2D eigenvalue weighted by atomic mass is 28.4. The molecule has 0 spiro atoms. The van der Waals surface area contributed by atoms with Crippen LogP contribution in [0.1, 0.15) is 40.0 Å². The second kappa shape index (κ2) is 7.21. The summed E-state index contributed by atoms with van der Waals surface area (Å²) in [7, 11) is -0.464. The van der Waals surface area contributed by atoms with Crippen molar-refractivity contribution in [3.05, 3.63) is 0 Å². The first-order valence-corrected chi connectivity index (χ1v) is 11.1. The van der Waals surface area contributed by atoms with Crippen molar-refractivity contribution in [3.63, 3.8) is 0 Å². The lowest BCUT2D eigenvalue weighted by Crippen LogP contribution is -2.48. The molecular formula is C16H31NO5Si. The summed E-state index contributed by atoms with van der Waals surface area (Å²) in [5.74, 6) is -0.249. The van der Waals surface area contributed by atoms with Gasteiger partial charge in [0, 0.05) is 19.7 Å². The molecule has 0 atom stereocenters. The van der Waals surface area contributed by atoms with Crippen molar-refractivity contribution >= 4 is 20.4 Å². The van der Waals surface area contributed by atoms with Gasteiger partial charge in [-0.25, -0.2) is 4.79 Å². The lowest BCUT2D eigenvalue weighted by atomic mass is 9.76. The third-order valence-electron chi connectivity index (χ3n) is 5.46. The summed E-state index contributed by atoms with van der Waals surface area (Å²) in [4.78, 5) is 24.7. The van der Waals surface area contributed by atoms with Gasteiger partial charge in [0.15, 0.2) is 8.32 Å². The molecule has 0 saturated carbocycles. The van der Waals surface area contributed by atoms with Crippen molar-refractivity contribution in [1.29, 1.82) is 0 Å². The first kappa shape index (κ1) is 20.0. The Morgan fingerprint density at radius 2 is 1.74 bits per heavy atom. The van der Waals surface area contributed by atoms with E-state index in [1.807, 2.05) is 0 Å². The van der Waals surface area contributed by atoms with Crippen molar-refractivity contribution in [3.8, 4) is 0 Å². The van der Waals surface area contributed by atoms with Crippen LogP contribution in [-0.4, -0.2) is 57.2 Å². The van der Waals surface area contributed by atoms with Crippen LogP contribution in [-0.2, 0) is 14.0 Å². The molecule has 0 aliphatic carbocycles. The Balaban J connectivity index is 2.71. The zero-order valence-corrected chi connectivity index (χ0v) is 16.3. The maximum atomic E-state index is 12.3. The molecule has 23 heavy (non-hydrogen) atoms. The summed E-state index contributed by atoms with van der Waals surface area (Å²) in [6.07, 6.45) is 0.639. The predicted octanol–water partition coefficient (Wildman–Crippen LogP) is 3.33. The number of carbonyl (C=O) groups excluding carboxylic acids is 1. The average molecular weight is 346 g/mol. The molecule has 1 heterocycles. The molecule has 1 fully saturated rings. The first-order valence-electron chi connectivity index (χ1n) is 8.15. The van der Waals surface area contributed by atoms with Gasteiger partial charge in [0.1, 0.15) is 0 Å². The minimum atomic E-state index is -1.86. The molecule has 1 saturated heterocycles. The number of amides is 1. The van der Waals surface area contributed by atoms with Crippen LogP contribution in [0.3, 0.4) is 0 Å². The second-order valence-corrected chi connectivity index (χ2v) is 12.7. The Bertz CT molecular complexity index is 436. The summed E-state index contributed by atoms with van der Waals surface area (Å²) in [5.41, 5.74) is -0.622. The standard InChI is InChI=1S/C16H31NO5Si/c1-15(2,3)23(5,6)22-12-9-16(13(18)21-4)7-10-17(11-8-16)14(19)20/h7-12H2,1-6H3,(H,19,20). The molecule has 1 rings (SSSR count). The molecule has 0 aromatic heterocycles. The van der Waals surface area contributed by atoms with E-state index in [0.29, 0.717) is 39.0 Å². The Hall–Kier alpha value is -1.08. The van der Waals surface area contributed by atoms with Crippen LogP contribution < -0.4 is 0 Å². The smallest absolute Gasteiger partial charge is 0.407 e. The van der Waals surface area contributed by atoms with E-state index in [4.69, 9.17) is 14.3 Å². The van der Waals surface area contributed by atoms with E-state index in [1.165, 1.54) is 12.0 Å². The number of rotatable bonds is 5. The van der Waals surface area contributed by atoms with Gasteiger partial charge in [0.2, 0.25) is 0 Å². The Morgan fingerprint density at radius 1 is 1.22 bits per heavy atom. The van der Waals surface area contributed by atoms with E-state index in [0.717, 1.165) is 0 Å². The average Bonchev–Trinajstić information content (AvgIpc) is 2.45. The van der Waals surface area contributed by atoms with Gasteiger partial charge in [0.25, 0.3) is 0 Å². The monoisotopic (exact) mass is 345 g/mol. The topological polar surface area (TPSA) is 76.1 Å². The van der Waals surface area contributed by atoms with E-state index in [1.54, 1.807) is 0 Å². The summed E-state index contributed by atoms with van der Waals surface area (Å²) >= 11 is 0.